The van der Waals surface area contributed by atoms with E-state index in [0.717, 1.165) is 18.9 Å². The quantitative estimate of drug-likeness (QED) is 0.425. The van der Waals surface area contributed by atoms with Crippen LogP contribution in [0.4, 0.5) is 24.5 Å². The Bertz CT molecular complexity index is 1140. The number of halogens is 3. The maximum Gasteiger partial charge on any atom is 0.419 e. The highest BCUT2D eigenvalue weighted by Gasteiger charge is 2.35. The van der Waals surface area contributed by atoms with E-state index >= 15 is 0 Å². The third-order valence-corrected chi connectivity index (χ3v) is 6.41. The van der Waals surface area contributed by atoms with Gasteiger partial charge in [-0.15, -0.1) is 0 Å². The normalized spacial score (nSPS) is 15.6. The van der Waals surface area contributed by atoms with Gasteiger partial charge in [-0.2, -0.15) is 18.4 Å². The second-order valence-electron chi connectivity index (χ2n) is 8.81. The van der Waals surface area contributed by atoms with E-state index in [4.69, 9.17) is 10.5 Å². The number of nitrogen functional groups attached to an aromatic ring is 1. The summed E-state index contributed by atoms with van der Waals surface area (Å²) < 4.78 is 51.7. The maximum atomic E-state index is 13.9. The van der Waals surface area contributed by atoms with Gasteiger partial charge in [0.2, 0.25) is 0 Å². The van der Waals surface area contributed by atoms with Crippen LogP contribution < -0.4 is 15.8 Å². The summed E-state index contributed by atoms with van der Waals surface area (Å²) >= 11 is 0. The molecule has 0 amide bonds. The van der Waals surface area contributed by atoms with E-state index in [1.807, 2.05) is 11.0 Å². The van der Waals surface area contributed by atoms with Gasteiger partial charge in [-0.1, -0.05) is 0 Å². The number of carbonyl (C=O) groups is 1. The number of anilines is 2. The number of nitrogens with two attached hydrogens (primary N) is 1. The van der Waals surface area contributed by atoms with Gasteiger partial charge in [-0.25, -0.2) is 9.78 Å². The summed E-state index contributed by atoms with van der Waals surface area (Å²) in [6.45, 7) is 1.62. The highest BCUT2D eigenvalue weighted by Crippen LogP contribution is 2.39. The summed E-state index contributed by atoms with van der Waals surface area (Å²) in [7, 11) is 2.80. The van der Waals surface area contributed by atoms with E-state index in [2.05, 4.69) is 15.0 Å². The van der Waals surface area contributed by atoms with Gasteiger partial charge in [0.05, 0.1) is 36.3 Å². The highest BCUT2D eigenvalue weighted by molar-refractivity contribution is 5.77. The Morgan fingerprint density at radius 1 is 1.35 bits per heavy atom. The van der Waals surface area contributed by atoms with Gasteiger partial charge >= 0.3 is 12.1 Å². The Balaban J connectivity index is 1.65. The number of ether oxygens (including phenoxy) is 2. The number of nitrogens with one attached hydrogen (secondary N) is 1. The fourth-order valence-corrected chi connectivity index (χ4v) is 4.28. The molecule has 1 aliphatic heterocycles. The first-order valence-corrected chi connectivity index (χ1v) is 11.8. The Labute approximate surface area is 213 Å². The highest BCUT2D eigenvalue weighted by atomic mass is 19.4. The molecule has 1 atom stereocenters. The molecule has 1 aromatic heterocycles. The van der Waals surface area contributed by atoms with Crippen molar-refractivity contribution in [3.63, 3.8) is 0 Å². The van der Waals surface area contributed by atoms with Gasteiger partial charge in [-0.3, -0.25) is 0 Å². The van der Waals surface area contributed by atoms with E-state index in [-0.39, 0.29) is 47.5 Å². The molecule has 1 saturated heterocycles. The van der Waals surface area contributed by atoms with Gasteiger partial charge in [0.15, 0.2) is 11.8 Å². The first kappa shape index (κ1) is 28.0. The number of benzene rings is 1. The third-order valence-electron chi connectivity index (χ3n) is 6.41. The Kier molecular flexibility index (Phi) is 9.18. The molecule has 1 aromatic carbocycles. The number of nitrogens with zero attached hydrogens (tertiary/aromatic N) is 3. The Morgan fingerprint density at radius 3 is 2.65 bits per heavy atom. The lowest BCUT2D eigenvalue weighted by molar-refractivity contribution is -0.151. The number of esters is 1. The molecular weight excluding hydrogens is 491 g/mol. The minimum Gasteiger partial charge on any atom is -0.493 e. The average molecular weight is 522 g/mol. The molecule has 2 heterocycles. The van der Waals surface area contributed by atoms with E-state index in [1.165, 1.54) is 25.3 Å². The summed E-state index contributed by atoms with van der Waals surface area (Å²) in [5.74, 6) is -0.703. The van der Waals surface area contributed by atoms with Crippen molar-refractivity contribution in [1.82, 2.24) is 9.88 Å². The summed E-state index contributed by atoms with van der Waals surface area (Å²) in [6.07, 6.45) is -3.73. The van der Waals surface area contributed by atoms with Gasteiger partial charge in [-0.05, 0) is 62.5 Å². The number of aliphatic hydroxyl groups excluding tert-OH is 1. The van der Waals surface area contributed by atoms with Crippen LogP contribution in [0.3, 0.4) is 0 Å². The number of rotatable bonds is 9. The smallest absolute Gasteiger partial charge is 0.419 e. The lowest BCUT2D eigenvalue weighted by Gasteiger charge is -2.32. The van der Waals surface area contributed by atoms with Crippen molar-refractivity contribution in [3.05, 3.63) is 35.5 Å². The van der Waals surface area contributed by atoms with Gasteiger partial charge in [0, 0.05) is 19.2 Å². The standard InChI is InChI=1S/C25H30F3N5O4/c1-31-19-12-18(32-20(13-29)23(19)30)16-3-4-22(17(11-16)25(26,27)28)37-10-7-15-5-8-33(9-6-15)14-21(34)24(35)36-2/h3-4,11-12,15,21,34H,5-10,14,30H2,1-2H3,(H,31,32)/t21-/m0/s1. The van der Waals surface area contributed by atoms with Crippen LogP contribution in [0, 0.1) is 17.2 Å². The summed E-state index contributed by atoms with van der Waals surface area (Å²) in [5, 5.41) is 21.9. The van der Waals surface area contributed by atoms with Crippen LogP contribution in [-0.4, -0.2) is 67.5 Å². The number of piperidine rings is 1. The lowest BCUT2D eigenvalue weighted by Crippen LogP contribution is -2.42. The van der Waals surface area contributed by atoms with Crippen LogP contribution in [0.2, 0.25) is 0 Å². The van der Waals surface area contributed by atoms with Gasteiger partial charge in [0.25, 0.3) is 0 Å². The van der Waals surface area contributed by atoms with Crippen molar-refractivity contribution in [1.29, 1.82) is 5.26 Å². The van der Waals surface area contributed by atoms with Crippen LogP contribution >= 0.6 is 0 Å². The fraction of sp³-hybridized carbons (Fsp3) is 0.480. The second-order valence-corrected chi connectivity index (χ2v) is 8.81. The Morgan fingerprint density at radius 2 is 2.05 bits per heavy atom. The monoisotopic (exact) mass is 521 g/mol. The molecule has 4 N–H and O–H groups in total. The van der Waals surface area contributed by atoms with E-state index < -0.39 is 23.8 Å². The van der Waals surface area contributed by atoms with Crippen LogP contribution in [0.5, 0.6) is 5.75 Å². The predicted octanol–water partition coefficient (Wildman–Crippen LogP) is 3.28. The van der Waals surface area contributed by atoms with Crippen LogP contribution in [-0.2, 0) is 15.7 Å². The molecule has 200 valence electrons. The summed E-state index contributed by atoms with van der Waals surface area (Å²) in [4.78, 5) is 17.4. The van der Waals surface area contributed by atoms with Crippen LogP contribution in [0.25, 0.3) is 11.3 Å². The molecule has 9 nitrogen and oxygen atoms in total. The second kappa shape index (κ2) is 12.1. The first-order valence-electron chi connectivity index (χ1n) is 11.8. The molecule has 2 aromatic rings. The molecule has 1 aliphatic rings. The van der Waals surface area contributed by atoms with Crippen LogP contribution in [0.15, 0.2) is 24.3 Å². The van der Waals surface area contributed by atoms with E-state index in [0.29, 0.717) is 25.2 Å². The van der Waals surface area contributed by atoms with Crippen molar-refractivity contribution in [2.75, 3.05) is 51.4 Å². The molecule has 0 spiro atoms. The third kappa shape index (κ3) is 7.02. The molecule has 0 bridgehead atoms. The zero-order chi connectivity index (χ0) is 27.2. The number of β-amino-alcohol motifs (C(OH)–C–C–N with tert-alkyl or cyclic N) is 1. The number of methoxy groups -OCH3 is 1. The minimum absolute atomic E-state index is 0.0819. The number of hydrogen-bond acceptors (Lipinski definition) is 9. The molecule has 0 saturated carbocycles. The molecule has 0 unspecified atom stereocenters. The van der Waals surface area contributed by atoms with Crippen molar-refractivity contribution in [3.8, 4) is 23.1 Å². The molecule has 1 fully saturated rings. The average Bonchev–Trinajstić information content (AvgIpc) is 2.88. The number of carbonyl (C=O) groups excluding carboxylic acids is 1. The number of likely N-dealkylation sites (tertiary alicyclic amines) is 1. The number of aliphatic hydroxyl groups is 1. The van der Waals surface area contributed by atoms with Crippen molar-refractivity contribution in [2.45, 2.75) is 31.5 Å². The number of nitriles is 1. The Hall–Kier alpha value is -3.56. The number of alkyl halides is 3. The van der Waals surface area contributed by atoms with E-state index in [1.54, 1.807) is 7.05 Å². The summed E-state index contributed by atoms with van der Waals surface area (Å²) in [5.41, 5.74) is 5.71. The molecule has 0 aliphatic carbocycles. The molecule has 3 rings (SSSR count). The zero-order valence-corrected chi connectivity index (χ0v) is 20.6. The largest absolute Gasteiger partial charge is 0.493 e. The lowest BCUT2D eigenvalue weighted by atomic mass is 9.94. The van der Waals surface area contributed by atoms with Gasteiger partial charge in [0.1, 0.15) is 11.8 Å². The fourth-order valence-electron chi connectivity index (χ4n) is 4.28. The molecule has 37 heavy (non-hydrogen) atoms. The number of hydrogen-bond donors (Lipinski definition) is 3. The minimum atomic E-state index is -4.66. The van der Waals surface area contributed by atoms with Crippen molar-refractivity contribution < 1.29 is 32.5 Å². The SMILES string of the molecule is CNc1cc(-c2ccc(OCCC3CCN(C[C@H](O)C(=O)OC)CC3)c(C(F)(F)F)c2)nc(C#N)c1N. The van der Waals surface area contributed by atoms with E-state index in [9.17, 15) is 28.3 Å². The first-order chi connectivity index (χ1) is 17.6. The van der Waals surface area contributed by atoms with Crippen molar-refractivity contribution >= 4 is 17.3 Å². The number of aromatic nitrogens is 1. The zero-order valence-electron chi connectivity index (χ0n) is 20.6. The van der Waals surface area contributed by atoms with Gasteiger partial charge < -0.3 is 30.5 Å². The maximum absolute atomic E-state index is 13.9. The summed E-state index contributed by atoms with van der Waals surface area (Å²) in [6, 6.07) is 7.03. The van der Waals surface area contributed by atoms with Crippen molar-refractivity contribution in [2.24, 2.45) is 5.92 Å². The van der Waals surface area contributed by atoms with Crippen LogP contribution in [0.1, 0.15) is 30.5 Å². The predicted molar refractivity (Wildman–Crippen MR) is 131 cm³/mol. The molecular formula is C25H30F3N5O4. The number of pyridine rings is 1. The topological polar surface area (TPSA) is 134 Å². The molecule has 0 radical (unpaired) electrons. The molecule has 12 heteroatoms.